The predicted octanol–water partition coefficient (Wildman–Crippen LogP) is 2.67. The first kappa shape index (κ1) is 25.2. The zero-order valence-corrected chi connectivity index (χ0v) is 18.4. The molecule has 0 radical (unpaired) electrons. The Morgan fingerprint density at radius 1 is 1.00 bits per heavy atom. The Labute approximate surface area is 182 Å². The van der Waals surface area contributed by atoms with E-state index in [4.69, 9.17) is 5.73 Å². The molecule has 3 rings (SSSR count). The second kappa shape index (κ2) is 13.4. The Morgan fingerprint density at radius 2 is 1.61 bits per heavy atom. The van der Waals surface area contributed by atoms with Crippen molar-refractivity contribution in [2.24, 2.45) is 11.7 Å². The molecule has 160 valence electrons. The summed E-state index contributed by atoms with van der Waals surface area (Å²) in [5, 5.41) is 3.22. The summed E-state index contributed by atoms with van der Waals surface area (Å²) in [6.45, 7) is 6.01. The Morgan fingerprint density at radius 3 is 2.21 bits per heavy atom. The number of nitrogens with zero attached hydrogens (tertiary/aromatic N) is 2. The molecule has 3 N–H and O–H groups in total. The molecule has 1 saturated heterocycles. The van der Waals surface area contributed by atoms with Crippen LogP contribution >= 0.6 is 24.8 Å². The van der Waals surface area contributed by atoms with Gasteiger partial charge in [-0.25, -0.2) is 0 Å². The summed E-state index contributed by atoms with van der Waals surface area (Å²) in [4.78, 5) is 17.2. The van der Waals surface area contributed by atoms with Crippen LogP contribution in [0.3, 0.4) is 0 Å². The molecule has 1 saturated carbocycles. The Kier molecular flexibility index (Phi) is 12.0. The number of carbonyl (C=O) groups excluding carboxylic acids is 1. The SMILES string of the molecule is Cl.Cl.NCC(NC(=O)CN1CCN(Cc2ccccc2)CC1)C1CCCCC1. The van der Waals surface area contributed by atoms with Crippen molar-refractivity contribution >= 4 is 30.7 Å². The lowest BCUT2D eigenvalue weighted by Gasteiger charge is -2.35. The number of benzene rings is 1. The first-order chi connectivity index (χ1) is 12.7. The number of amides is 1. The zero-order chi connectivity index (χ0) is 18.2. The fourth-order valence-corrected chi connectivity index (χ4v) is 4.31. The third-order valence-electron chi connectivity index (χ3n) is 5.90. The highest BCUT2D eigenvalue weighted by atomic mass is 35.5. The lowest BCUT2D eigenvalue weighted by Crippen LogP contribution is -2.52. The van der Waals surface area contributed by atoms with Crippen LogP contribution in [0.15, 0.2) is 30.3 Å². The second-order valence-corrected chi connectivity index (χ2v) is 7.85. The van der Waals surface area contributed by atoms with Gasteiger partial charge in [-0.3, -0.25) is 14.6 Å². The number of hydrogen-bond acceptors (Lipinski definition) is 4. The Hall–Kier alpha value is -0.850. The quantitative estimate of drug-likeness (QED) is 0.697. The van der Waals surface area contributed by atoms with Crippen molar-refractivity contribution in [2.75, 3.05) is 39.3 Å². The van der Waals surface area contributed by atoms with Gasteiger partial charge < -0.3 is 11.1 Å². The van der Waals surface area contributed by atoms with Crippen molar-refractivity contribution in [2.45, 2.75) is 44.7 Å². The Balaban J connectivity index is 0.00000196. The molecule has 0 bridgehead atoms. The van der Waals surface area contributed by atoms with Crippen molar-refractivity contribution in [3.05, 3.63) is 35.9 Å². The van der Waals surface area contributed by atoms with Crippen LogP contribution in [0.1, 0.15) is 37.7 Å². The van der Waals surface area contributed by atoms with Gasteiger partial charge in [0.25, 0.3) is 0 Å². The largest absolute Gasteiger partial charge is 0.351 e. The van der Waals surface area contributed by atoms with E-state index in [1.807, 2.05) is 0 Å². The fourth-order valence-electron chi connectivity index (χ4n) is 4.31. The van der Waals surface area contributed by atoms with Gasteiger partial charge in [-0.15, -0.1) is 24.8 Å². The van der Waals surface area contributed by atoms with Gasteiger partial charge in [0.15, 0.2) is 0 Å². The van der Waals surface area contributed by atoms with E-state index in [0.29, 0.717) is 19.0 Å². The van der Waals surface area contributed by atoms with Crippen LogP contribution in [-0.2, 0) is 11.3 Å². The molecule has 1 aromatic carbocycles. The molecule has 1 aliphatic carbocycles. The average Bonchev–Trinajstić information content (AvgIpc) is 2.69. The minimum atomic E-state index is 0. The third kappa shape index (κ3) is 7.88. The van der Waals surface area contributed by atoms with Crippen LogP contribution in [0.25, 0.3) is 0 Å². The van der Waals surface area contributed by atoms with Gasteiger partial charge in [0, 0.05) is 45.3 Å². The van der Waals surface area contributed by atoms with Crippen LogP contribution in [0, 0.1) is 5.92 Å². The summed E-state index contributed by atoms with van der Waals surface area (Å²) in [7, 11) is 0. The molecule has 1 heterocycles. The van der Waals surface area contributed by atoms with E-state index >= 15 is 0 Å². The van der Waals surface area contributed by atoms with Gasteiger partial charge in [-0.2, -0.15) is 0 Å². The molecular formula is C21H36Cl2N4O. The van der Waals surface area contributed by atoms with Crippen molar-refractivity contribution in [1.29, 1.82) is 0 Å². The van der Waals surface area contributed by atoms with Crippen molar-refractivity contribution in [1.82, 2.24) is 15.1 Å². The van der Waals surface area contributed by atoms with Crippen LogP contribution in [0.5, 0.6) is 0 Å². The van der Waals surface area contributed by atoms with Crippen molar-refractivity contribution < 1.29 is 4.79 Å². The molecule has 2 fully saturated rings. The van der Waals surface area contributed by atoms with Gasteiger partial charge in [-0.1, -0.05) is 49.6 Å². The lowest BCUT2D eigenvalue weighted by molar-refractivity contribution is -0.123. The predicted molar refractivity (Wildman–Crippen MR) is 120 cm³/mol. The summed E-state index contributed by atoms with van der Waals surface area (Å²) < 4.78 is 0. The number of piperazine rings is 1. The lowest BCUT2D eigenvalue weighted by atomic mass is 9.84. The molecule has 1 atom stereocenters. The van der Waals surface area contributed by atoms with Crippen LogP contribution in [0.2, 0.25) is 0 Å². The van der Waals surface area contributed by atoms with Gasteiger partial charge in [0.05, 0.1) is 6.54 Å². The standard InChI is InChI=1S/C21H34N4O.2ClH/c22-15-20(19-9-5-2-6-10-19)23-21(26)17-25-13-11-24(12-14-25)16-18-7-3-1-4-8-18;;/h1,3-4,7-8,19-20H,2,5-6,9-17,22H2,(H,23,26);2*1H. The van der Waals surface area contributed by atoms with Crippen molar-refractivity contribution in [3.8, 4) is 0 Å². The molecule has 0 spiro atoms. The van der Waals surface area contributed by atoms with E-state index in [-0.39, 0.29) is 36.8 Å². The number of halogens is 2. The second-order valence-electron chi connectivity index (χ2n) is 7.85. The third-order valence-corrected chi connectivity index (χ3v) is 5.90. The van der Waals surface area contributed by atoms with Crippen LogP contribution in [0.4, 0.5) is 0 Å². The topological polar surface area (TPSA) is 61.6 Å². The highest BCUT2D eigenvalue weighted by Gasteiger charge is 2.25. The number of carbonyl (C=O) groups is 1. The molecule has 5 nitrogen and oxygen atoms in total. The molecule has 0 aromatic heterocycles. The minimum Gasteiger partial charge on any atom is -0.351 e. The van der Waals surface area contributed by atoms with Crippen molar-refractivity contribution in [3.63, 3.8) is 0 Å². The van der Waals surface area contributed by atoms with E-state index in [2.05, 4.69) is 45.4 Å². The van der Waals surface area contributed by atoms with Crippen LogP contribution < -0.4 is 11.1 Å². The molecule has 1 aromatic rings. The molecule has 1 aliphatic heterocycles. The molecule has 28 heavy (non-hydrogen) atoms. The number of hydrogen-bond donors (Lipinski definition) is 2. The van der Waals surface area contributed by atoms with Gasteiger partial charge in [0.1, 0.15) is 0 Å². The van der Waals surface area contributed by atoms with E-state index in [1.165, 1.54) is 37.7 Å². The average molecular weight is 431 g/mol. The molecular weight excluding hydrogens is 395 g/mol. The monoisotopic (exact) mass is 430 g/mol. The Bertz CT molecular complexity index is 547. The first-order valence-corrected chi connectivity index (χ1v) is 10.2. The molecule has 1 amide bonds. The van der Waals surface area contributed by atoms with Gasteiger partial charge >= 0.3 is 0 Å². The van der Waals surface area contributed by atoms with E-state index < -0.39 is 0 Å². The molecule has 2 aliphatic rings. The van der Waals surface area contributed by atoms with Gasteiger partial charge in [0.2, 0.25) is 5.91 Å². The molecule has 1 unspecified atom stereocenters. The first-order valence-electron chi connectivity index (χ1n) is 10.2. The summed E-state index contributed by atoms with van der Waals surface area (Å²) in [6.07, 6.45) is 6.30. The number of nitrogens with one attached hydrogen (secondary N) is 1. The minimum absolute atomic E-state index is 0. The van der Waals surface area contributed by atoms with E-state index in [1.54, 1.807) is 0 Å². The molecule has 7 heteroatoms. The highest BCUT2D eigenvalue weighted by molar-refractivity contribution is 5.85. The smallest absolute Gasteiger partial charge is 0.234 e. The maximum atomic E-state index is 12.5. The van der Waals surface area contributed by atoms with Crippen LogP contribution in [-0.4, -0.2) is 61.0 Å². The normalized spacial score (nSPS) is 19.9. The summed E-state index contributed by atoms with van der Waals surface area (Å²) in [5.74, 6) is 0.711. The highest BCUT2D eigenvalue weighted by Crippen LogP contribution is 2.26. The van der Waals surface area contributed by atoms with Gasteiger partial charge in [-0.05, 0) is 24.3 Å². The fraction of sp³-hybridized carbons (Fsp3) is 0.667. The van der Waals surface area contributed by atoms with E-state index in [9.17, 15) is 4.79 Å². The summed E-state index contributed by atoms with van der Waals surface area (Å²) >= 11 is 0. The van der Waals surface area contributed by atoms with E-state index in [0.717, 1.165) is 32.7 Å². The summed E-state index contributed by atoms with van der Waals surface area (Å²) in [5.41, 5.74) is 7.30. The summed E-state index contributed by atoms with van der Waals surface area (Å²) in [6, 6.07) is 10.8. The maximum Gasteiger partial charge on any atom is 0.234 e. The number of nitrogens with two attached hydrogens (primary N) is 1. The zero-order valence-electron chi connectivity index (χ0n) is 16.7. The number of rotatable bonds is 7. The maximum absolute atomic E-state index is 12.5.